The molecule has 2 fully saturated rings. The Morgan fingerprint density at radius 3 is 2.47 bits per heavy atom. The Hall–Kier alpha value is -3.27. The van der Waals surface area contributed by atoms with Crippen LogP contribution in [0.1, 0.15) is 37.7 Å². The highest BCUT2D eigenvalue weighted by atomic mass is 35.5. The number of hydrogen-bond acceptors (Lipinski definition) is 6. The Labute approximate surface area is 202 Å². The third-order valence-corrected chi connectivity index (χ3v) is 6.60. The van der Waals surface area contributed by atoms with Gasteiger partial charge in [0, 0.05) is 30.7 Å². The standard InChI is InChI=1S/C23H29ClN6O4/c1-14-2-4-15(5-3-14)26-22(32)27-16-6-8-17(9-7-16)28-23(33)34-18-10-11-30(13-18)19-12-25-29-21(31)20(19)24/h2-5,12,16-18H,6-11,13H2,1H3,(H,28,33)(H,29,31)(H2,26,27,32)/t16?,17?,18-/m1/s1. The first-order chi connectivity index (χ1) is 16.4. The summed E-state index contributed by atoms with van der Waals surface area (Å²) in [6, 6.07) is 7.49. The minimum absolute atomic E-state index is 0.00884. The van der Waals surface area contributed by atoms with Crippen molar-refractivity contribution < 1.29 is 14.3 Å². The van der Waals surface area contributed by atoms with E-state index in [1.54, 1.807) is 0 Å². The quantitative estimate of drug-likeness (QED) is 0.511. The third-order valence-electron chi connectivity index (χ3n) is 6.23. The van der Waals surface area contributed by atoms with Crippen LogP contribution in [0.2, 0.25) is 5.02 Å². The molecule has 10 nitrogen and oxygen atoms in total. The summed E-state index contributed by atoms with van der Waals surface area (Å²) in [6.45, 7) is 3.06. The molecule has 2 aliphatic rings. The van der Waals surface area contributed by atoms with Gasteiger partial charge in [0.25, 0.3) is 5.56 Å². The number of aryl methyl sites for hydroxylation is 1. The normalized spacial score (nSPS) is 22.2. The molecule has 11 heteroatoms. The first kappa shape index (κ1) is 23.9. The van der Waals surface area contributed by atoms with Gasteiger partial charge in [-0.1, -0.05) is 29.3 Å². The van der Waals surface area contributed by atoms with Gasteiger partial charge in [0.2, 0.25) is 0 Å². The molecule has 3 amide bonds. The van der Waals surface area contributed by atoms with Gasteiger partial charge in [-0.05, 0) is 44.7 Å². The van der Waals surface area contributed by atoms with E-state index in [1.807, 2.05) is 36.1 Å². The zero-order valence-electron chi connectivity index (χ0n) is 19.0. The number of halogens is 1. The number of carbonyl (C=O) groups excluding carboxylic acids is 2. The van der Waals surface area contributed by atoms with Crippen LogP contribution in [-0.2, 0) is 4.74 Å². The molecule has 1 atom stereocenters. The maximum Gasteiger partial charge on any atom is 0.407 e. The van der Waals surface area contributed by atoms with Gasteiger partial charge < -0.3 is 25.6 Å². The minimum atomic E-state index is -0.449. The molecule has 1 aliphatic heterocycles. The van der Waals surface area contributed by atoms with Crippen LogP contribution in [0.4, 0.5) is 21.0 Å². The summed E-state index contributed by atoms with van der Waals surface area (Å²) in [5, 5.41) is 14.9. The Kier molecular flexibility index (Phi) is 7.56. The molecule has 1 aromatic carbocycles. The van der Waals surface area contributed by atoms with Gasteiger partial charge in [0.05, 0.1) is 18.4 Å². The van der Waals surface area contributed by atoms with E-state index in [0.29, 0.717) is 25.2 Å². The summed E-state index contributed by atoms with van der Waals surface area (Å²) in [5.41, 5.74) is 1.98. The van der Waals surface area contributed by atoms with Crippen LogP contribution < -0.4 is 26.4 Å². The van der Waals surface area contributed by atoms with Crippen LogP contribution in [0.5, 0.6) is 0 Å². The molecular formula is C23H29ClN6O4. The van der Waals surface area contributed by atoms with Crippen molar-refractivity contribution in [1.82, 2.24) is 20.8 Å². The van der Waals surface area contributed by atoms with Crippen molar-refractivity contribution in [2.45, 2.75) is 57.2 Å². The van der Waals surface area contributed by atoms with Crippen LogP contribution >= 0.6 is 11.6 Å². The van der Waals surface area contributed by atoms with E-state index in [-0.39, 0.29) is 29.2 Å². The van der Waals surface area contributed by atoms with Gasteiger partial charge in [0.1, 0.15) is 11.1 Å². The molecule has 2 heterocycles. The van der Waals surface area contributed by atoms with Gasteiger partial charge in [-0.25, -0.2) is 14.7 Å². The fourth-order valence-corrected chi connectivity index (χ4v) is 4.57. The Balaban J connectivity index is 1.16. The smallest absolute Gasteiger partial charge is 0.407 e. The molecule has 1 aromatic heterocycles. The average Bonchev–Trinajstić information content (AvgIpc) is 3.26. The molecule has 1 saturated heterocycles. The molecule has 4 rings (SSSR count). The zero-order valence-corrected chi connectivity index (χ0v) is 19.7. The lowest BCUT2D eigenvalue weighted by atomic mass is 9.91. The number of rotatable bonds is 5. The summed E-state index contributed by atoms with van der Waals surface area (Å²) < 4.78 is 5.58. The monoisotopic (exact) mass is 488 g/mol. The molecule has 1 saturated carbocycles. The van der Waals surface area contributed by atoms with Gasteiger partial charge in [-0.15, -0.1) is 0 Å². The van der Waals surface area contributed by atoms with Crippen LogP contribution in [0.15, 0.2) is 35.3 Å². The number of H-pyrrole nitrogens is 1. The van der Waals surface area contributed by atoms with Crippen LogP contribution in [0, 0.1) is 6.92 Å². The number of anilines is 2. The second-order valence-electron chi connectivity index (χ2n) is 8.82. The molecule has 0 radical (unpaired) electrons. The molecular weight excluding hydrogens is 460 g/mol. The third kappa shape index (κ3) is 6.19. The minimum Gasteiger partial charge on any atom is -0.444 e. The highest BCUT2D eigenvalue weighted by molar-refractivity contribution is 6.33. The molecule has 182 valence electrons. The predicted octanol–water partition coefficient (Wildman–Crippen LogP) is 3.17. The largest absolute Gasteiger partial charge is 0.444 e. The Morgan fingerprint density at radius 1 is 1.09 bits per heavy atom. The number of hydrogen-bond donors (Lipinski definition) is 4. The van der Waals surface area contributed by atoms with E-state index in [0.717, 1.165) is 36.9 Å². The topological polar surface area (TPSA) is 128 Å². The highest BCUT2D eigenvalue weighted by Gasteiger charge is 2.29. The summed E-state index contributed by atoms with van der Waals surface area (Å²) in [7, 11) is 0. The van der Waals surface area contributed by atoms with E-state index in [2.05, 4.69) is 26.1 Å². The number of aromatic nitrogens is 2. The zero-order chi connectivity index (χ0) is 24.1. The number of amides is 3. The predicted molar refractivity (Wildman–Crippen MR) is 129 cm³/mol. The molecule has 0 spiro atoms. The molecule has 0 bridgehead atoms. The van der Waals surface area contributed by atoms with E-state index in [4.69, 9.17) is 16.3 Å². The van der Waals surface area contributed by atoms with E-state index < -0.39 is 11.7 Å². The summed E-state index contributed by atoms with van der Waals surface area (Å²) >= 11 is 6.07. The van der Waals surface area contributed by atoms with Crippen LogP contribution in [0.3, 0.4) is 0 Å². The van der Waals surface area contributed by atoms with E-state index in [9.17, 15) is 14.4 Å². The Bertz CT molecular complexity index is 1070. The van der Waals surface area contributed by atoms with Gasteiger partial charge >= 0.3 is 12.1 Å². The summed E-state index contributed by atoms with van der Waals surface area (Å²) in [5.74, 6) is 0. The number of alkyl carbamates (subject to hydrolysis) is 1. The van der Waals surface area contributed by atoms with Gasteiger partial charge in [-0.3, -0.25) is 4.79 Å². The number of aromatic amines is 1. The lowest BCUT2D eigenvalue weighted by molar-refractivity contribution is 0.102. The van der Waals surface area contributed by atoms with Gasteiger partial charge in [-0.2, -0.15) is 5.10 Å². The lowest BCUT2D eigenvalue weighted by Crippen LogP contribution is -2.45. The first-order valence-corrected chi connectivity index (χ1v) is 11.8. The fraction of sp³-hybridized carbons (Fsp3) is 0.478. The van der Waals surface area contributed by atoms with Crippen molar-refractivity contribution in [3.05, 3.63) is 51.4 Å². The van der Waals surface area contributed by atoms with Crippen molar-refractivity contribution in [2.75, 3.05) is 23.3 Å². The van der Waals surface area contributed by atoms with Crippen molar-refractivity contribution in [2.24, 2.45) is 0 Å². The number of nitrogens with zero attached hydrogens (tertiary/aromatic N) is 2. The second kappa shape index (κ2) is 10.8. The molecule has 4 N–H and O–H groups in total. The number of ether oxygens (including phenoxy) is 1. The van der Waals surface area contributed by atoms with E-state index >= 15 is 0 Å². The second-order valence-corrected chi connectivity index (χ2v) is 9.20. The molecule has 34 heavy (non-hydrogen) atoms. The summed E-state index contributed by atoms with van der Waals surface area (Å²) in [6.07, 6.45) is 4.47. The average molecular weight is 489 g/mol. The first-order valence-electron chi connectivity index (χ1n) is 11.5. The van der Waals surface area contributed by atoms with Crippen molar-refractivity contribution in [3.8, 4) is 0 Å². The molecule has 1 aliphatic carbocycles. The maximum atomic E-state index is 12.4. The van der Waals surface area contributed by atoms with E-state index in [1.165, 1.54) is 6.20 Å². The Morgan fingerprint density at radius 2 is 1.76 bits per heavy atom. The molecule has 2 aromatic rings. The number of urea groups is 1. The number of benzene rings is 1. The fourth-order valence-electron chi connectivity index (χ4n) is 4.36. The van der Waals surface area contributed by atoms with Crippen LogP contribution in [0.25, 0.3) is 0 Å². The van der Waals surface area contributed by atoms with Crippen molar-refractivity contribution in [3.63, 3.8) is 0 Å². The lowest BCUT2D eigenvalue weighted by Gasteiger charge is -2.29. The summed E-state index contributed by atoms with van der Waals surface area (Å²) in [4.78, 5) is 38.2. The van der Waals surface area contributed by atoms with Crippen molar-refractivity contribution >= 4 is 35.1 Å². The number of carbonyl (C=O) groups is 2. The number of nitrogens with one attached hydrogen (secondary N) is 4. The SMILES string of the molecule is Cc1ccc(NC(=O)NC2CCC(NC(=O)O[C@@H]3CCN(c4cn[nH]c(=O)c4Cl)C3)CC2)cc1. The van der Waals surface area contributed by atoms with Crippen LogP contribution in [-0.4, -0.2) is 53.6 Å². The molecule has 0 unspecified atom stereocenters. The van der Waals surface area contributed by atoms with Crippen molar-refractivity contribution in [1.29, 1.82) is 0 Å². The highest BCUT2D eigenvalue weighted by Crippen LogP contribution is 2.26. The van der Waals surface area contributed by atoms with Gasteiger partial charge in [0.15, 0.2) is 0 Å². The maximum absolute atomic E-state index is 12.4.